The summed E-state index contributed by atoms with van der Waals surface area (Å²) in [5.74, 6) is -1.90. The number of benzene rings is 1. The number of nitrogens with one attached hydrogen (secondary N) is 6. The molecule has 11 nitrogen and oxygen atoms in total. The minimum atomic E-state index is -0.955. The molecule has 0 bridgehead atoms. The number of H-pyrrole nitrogens is 1. The normalized spacial score (nSPS) is 26.4. The highest BCUT2D eigenvalue weighted by Gasteiger charge is 2.40. The lowest BCUT2D eigenvalue weighted by Crippen LogP contribution is -2.61. The highest BCUT2D eigenvalue weighted by Crippen LogP contribution is 2.22. The van der Waals surface area contributed by atoms with Gasteiger partial charge in [-0.1, -0.05) is 70.3 Å². The molecule has 2 saturated heterocycles. The third-order valence-corrected chi connectivity index (χ3v) is 9.00. The molecule has 0 radical (unpaired) electrons. The van der Waals surface area contributed by atoms with Crippen LogP contribution in [0.5, 0.6) is 0 Å². The number of carbonyl (C=O) groups excluding carboxylic acids is 4. The molecule has 0 spiro atoms. The second kappa shape index (κ2) is 14.5. The lowest BCUT2D eigenvalue weighted by molar-refractivity contribution is -0.141. The number of aromatic nitrogens is 1. The molecule has 2 aliphatic heterocycles. The number of thiocarbonyl (C=S) groups is 2. The second-order valence-electron chi connectivity index (χ2n) is 12.3. The van der Waals surface area contributed by atoms with Crippen LogP contribution in [0.25, 0.3) is 10.9 Å². The lowest BCUT2D eigenvalue weighted by Gasteiger charge is -2.33. The minimum absolute atomic E-state index is 0.108. The van der Waals surface area contributed by atoms with E-state index in [1.807, 2.05) is 58.2 Å². The average Bonchev–Trinajstić information content (AvgIpc) is 3.63. The zero-order valence-electron chi connectivity index (χ0n) is 25.9. The van der Waals surface area contributed by atoms with Gasteiger partial charge in [-0.05, 0) is 43.2 Å². The van der Waals surface area contributed by atoms with Crippen molar-refractivity contribution in [3.63, 3.8) is 0 Å². The van der Waals surface area contributed by atoms with Crippen molar-refractivity contribution in [1.29, 1.82) is 0 Å². The van der Waals surface area contributed by atoms with Gasteiger partial charge in [0.05, 0.1) is 22.6 Å². The zero-order chi connectivity index (χ0) is 32.1. The molecule has 0 unspecified atom stereocenters. The molecule has 0 saturated carbocycles. The Morgan fingerprint density at radius 1 is 0.886 bits per heavy atom. The van der Waals surface area contributed by atoms with Crippen molar-refractivity contribution in [2.24, 2.45) is 11.8 Å². The molecule has 2 fully saturated rings. The summed E-state index contributed by atoms with van der Waals surface area (Å²) in [6, 6.07) is 3.91. The van der Waals surface area contributed by atoms with Crippen LogP contribution in [-0.4, -0.2) is 86.8 Å². The summed E-state index contributed by atoms with van der Waals surface area (Å²) in [5, 5.41) is 15.9. The maximum atomic E-state index is 13.8. The van der Waals surface area contributed by atoms with Crippen molar-refractivity contribution < 1.29 is 19.2 Å². The Kier molecular flexibility index (Phi) is 11.0. The van der Waals surface area contributed by atoms with Gasteiger partial charge in [0.1, 0.15) is 24.2 Å². The maximum Gasteiger partial charge on any atom is 0.246 e. The maximum absolute atomic E-state index is 13.8. The van der Waals surface area contributed by atoms with Crippen molar-refractivity contribution in [2.75, 3.05) is 13.1 Å². The number of aromatic amines is 1. The summed E-state index contributed by atoms with van der Waals surface area (Å²) in [4.78, 5) is 60.4. The van der Waals surface area contributed by atoms with Gasteiger partial charge in [0.25, 0.3) is 0 Å². The number of fused-ring (bicyclic) bond motifs is 2. The summed E-state index contributed by atoms with van der Waals surface area (Å²) >= 11 is 11.1. The molecule has 2 aromatic rings. The van der Waals surface area contributed by atoms with Crippen molar-refractivity contribution in [2.45, 2.75) is 84.1 Å². The van der Waals surface area contributed by atoms with Crippen molar-refractivity contribution in [1.82, 2.24) is 36.5 Å². The van der Waals surface area contributed by atoms with Crippen molar-refractivity contribution >= 4 is 68.9 Å². The fraction of sp³-hybridized carbons (Fsp3) is 0.548. The molecule has 0 aliphatic carbocycles. The van der Waals surface area contributed by atoms with Gasteiger partial charge in [0.15, 0.2) is 0 Å². The predicted molar refractivity (Wildman–Crippen MR) is 178 cm³/mol. The first-order chi connectivity index (χ1) is 20.9. The Morgan fingerprint density at radius 3 is 2.30 bits per heavy atom. The molecule has 13 heteroatoms. The first-order valence-corrected chi connectivity index (χ1v) is 16.0. The molecular formula is C31H43N7O4S2. The molecular weight excluding hydrogens is 599 g/mol. The zero-order valence-corrected chi connectivity index (χ0v) is 27.5. The van der Waals surface area contributed by atoms with Crippen molar-refractivity contribution in [3.8, 4) is 0 Å². The molecule has 1 aromatic carbocycles. The Labute approximate surface area is 269 Å². The highest BCUT2D eigenvalue weighted by atomic mass is 32.1. The van der Waals surface area contributed by atoms with Crippen LogP contribution in [0.2, 0.25) is 0 Å². The van der Waals surface area contributed by atoms with Gasteiger partial charge in [-0.3, -0.25) is 19.2 Å². The quantitative estimate of drug-likeness (QED) is 0.277. The van der Waals surface area contributed by atoms with Crippen molar-refractivity contribution in [3.05, 3.63) is 36.0 Å². The van der Waals surface area contributed by atoms with E-state index in [-0.39, 0.29) is 30.7 Å². The van der Waals surface area contributed by atoms with Crippen LogP contribution in [0.1, 0.15) is 53.0 Å². The molecule has 1 aromatic heterocycles. The molecule has 238 valence electrons. The second-order valence-corrected chi connectivity index (χ2v) is 13.2. The van der Waals surface area contributed by atoms with E-state index in [1.165, 1.54) is 0 Å². The number of nitrogens with zero attached hydrogens (tertiary/aromatic N) is 1. The summed E-state index contributed by atoms with van der Waals surface area (Å²) < 4.78 is 0. The Morgan fingerprint density at radius 2 is 1.59 bits per heavy atom. The molecule has 2 aliphatic rings. The SMILES string of the molecule is CC(C)[C@@H]1NC(=O)[C@@H]2CCCN2C(=O)[C@H](C(C)C)NC(=S)CNC(=S)[C@H](C)NC(=O)[C@H](Cc2c[nH]c3ccccc23)NC1=O. The molecule has 6 N–H and O–H groups in total. The van der Waals surface area contributed by atoms with Gasteiger partial charge >= 0.3 is 0 Å². The number of para-hydroxylation sites is 1. The Hall–Kier alpha value is -3.58. The third kappa shape index (κ3) is 7.73. The van der Waals surface area contributed by atoms with Crippen LogP contribution in [0.3, 0.4) is 0 Å². The van der Waals surface area contributed by atoms with E-state index >= 15 is 0 Å². The molecule has 3 heterocycles. The van der Waals surface area contributed by atoms with Crippen LogP contribution in [0.15, 0.2) is 30.5 Å². The third-order valence-electron chi connectivity index (χ3n) is 8.24. The van der Waals surface area contributed by atoms with Gasteiger partial charge < -0.3 is 36.5 Å². The molecule has 5 atom stereocenters. The van der Waals surface area contributed by atoms with Gasteiger partial charge in [0.2, 0.25) is 23.6 Å². The van der Waals surface area contributed by atoms with E-state index < -0.39 is 47.9 Å². The molecule has 44 heavy (non-hydrogen) atoms. The van der Waals surface area contributed by atoms with E-state index in [2.05, 4.69) is 31.6 Å². The summed E-state index contributed by atoms with van der Waals surface area (Å²) in [5.41, 5.74) is 1.78. The molecule has 4 rings (SSSR count). The number of amides is 4. The number of rotatable bonds is 4. The predicted octanol–water partition coefficient (Wildman–Crippen LogP) is 1.70. The van der Waals surface area contributed by atoms with Gasteiger partial charge in [-0.2, -0.15) is 0 Å². The van der Waals surface area contributed by atoms with Crippen LogP contribution < -0.4 is 26.6 Å². The smallest absolute Gasteiger partial charge is 0.246 e. The van der Waals surface area contributed by atoms with Gasteiger partial charge in [0, 0.05) is 30.1 Å². The first kappa shape index (κ1) is 33.3. The van der Waals surface area contributed by atoms with E-state index in [0.29, 0.717) is 29.4 Å². The monoisotopic (exact) mass is 641 g/mol. The summed E-state index contributed by atoms with van der Waals surface area (Å²) in [6.45, 7) is 9.83. The van der Waals surface area contributed by atoms with Gasteiger partial charge in [-0.15, -0.1) is 0 Å². The van der Waals surface area contributed by atoms with E-state index in [9.17, 15) is 19.2 Å². The van der Waals surface area contributed by atoms with Crippen LogP contribution in [0, 0.1) is 11.8 Å². The number of carbonyl (C=O) groups is 4. The Bertz CT molecular complexity index is 1420. The largest absolute Gasteiger partial charge is 0.371 e. The fourth-order valence-electron chi connectivity index (χ4n) is 5.70. The standard InChI is InChI=1S/C31H43N7O4S2/c1-16(2)25-29(41)35-22(13-19-14-32-21-10-7-6-9-20(19)21)27(39)34-18(5)30(44)33-15-24(43)36-26(17(3)4)31(42)38-12-8-11-23(38)28(40)37-25/h6-7,9-10,14,16-18,22-23,25-26,32H,8,11-13,15H2,1-5H3,(H,33,44)(H,34,39)(H,35,41)(H,36,43)(H,37,40)/t18-,22-,23-,25-,26-/m0/s1. The highest BCUT2D eigenvalue weighted by molar-refractivity contribution is 7.80. The summed E-state index contributed by atoms with van der Waals surface area (Å²) in [7, 11) is 0. The van der Waals surface area contributed by atoms with Crippen LogP contribution in [0.4, 0.5) is 0 Å². The number of hydrogen-bond donors (Lipinski definition) is 6. The van der Waals surface area contributed by atoms with E-state index in [4.69, 9.17) is 24.4 Å². The fourth-order valence-corrected chi connectivity index (χ4v) is 6.03. The average molecular weight is 642 g/mol. The summed E-state index contributed by atoms with van der Waals surface area (Å²) in [6.07, 6.45) is 3.19. The number of hydrogen-bond acceptors (Lipinski definition) is 6. The topological polar surface area (TPSA) is 147 Å². The van der Waals surface area contributed by atoms with Crippen LogP contribution in [-0.2, 0) is 25.6 Å². The van der Waals surface area contributed by atoms with E-state index in [0.717, 1.165) is 16.5 Å². The lowest BCUT2D eigenvalue weighted by atomic mass is 9.99. The molecule has 4 amide bonds. The first-order valence-electron chi connectivity index (χ1n) is 15.2. The Balaban J connectivity index is 1.66. The minimum Gasteiger partial charge on any atom is -0.371 e. The van der Waals surface area contributed by atoms with Gasteiger partial charge in [-0.25, -0.2) is 0 Å². The van der Waals surface area contributed by atoms with E-state index in [1.54, 1.807) is 11.8 Å². The van der Waals surface area contributed by atoms with Crippen LogP contribution >= 0.6 is 24.4 Å².